The summed E-state index contributed by atoms with van der Waals surface area (Å²) in [6.07, 6.45) is 0. The molecule has 3 rings (SSSR count). The van der Waals surface area contributed by atoms with Crippen molar-refractivity contribution < 1.29 is 14.5 Å². The van der Waals surface area contributed by atoms with E-state index < -0.39 is 10.5 Å². The number of amides is 1. The lowest BCUT2D eigenvalue weighted by molar-refractivity contribution is -0.385. The monoisotopic (exact) mass is 436 g/mol. The number of benzene rings is 3. The summed E-state index contributed by atoms with van der Waals surface area (Å²) in [6, 6.07) is 24.5. The molecule has 0 radical (unpaired) electrons. The molecule has 0 atom stereocenters. The van der Waals surface area contributed by atoms with Crippen molar-refractivity contribution in [2.75, 3.05) is 12.9 Å². The van der Waals surface area contributed by atoms with Crippen molar-refractivity contribution in [3.63, 3.8) is 0 Å². The van der Waals surface area contributed by atoms with E-state index >= 15 is 0 Å². The molecule has 0 aliphatic heterocycles. The second-order valence-corrected chi connectivity index (χ2v) is 8.15. The van der Waals surface area contributed by atoms with E-state index in [0.717, 1.165) is 16.7 Å². The Labute approximate surface area is 185 Å². The van der Waals surface area contributed by atoms with Crippen LogP contribution >= 0.6 is 11.8 Å². The van der Waals surface area contributed by atoms with Crippen molar-refractivity contribution >= 4 is 23.4 Å². The minimum absolute atomic E-state index is 0.0780. The van der Waals surface area contributed by atoms with E-state index in [1.54, 1.807) is 12.1 Å². The van der Waals surface area contributed by atoms with Gasteiger partial charge in [0, 0.05) is 11.8 Å². The fraction of sp³-hybridized carbons (Fsp3) is 0.208. The molecule has 6 nitrogen and oxygen atoms in total. The van der Waals surface area contributed by atoms with E-state index in [-0.39, 0.29) is 23.1 Å². The molecule has 0 aliphatic carbocycles. The van der Waals surface area contributed by atoms with E-state index in [0.29, 0.717) is 5.75 Å². The standard InChI is InChI=1S/C24H24N2O4S/c1-24(19-9-5-3-6-10-19,20-11-7-4-8-12-20)25-23(27)17-31-16-18-13-14-22(30-2)21(15-18)26(28)29/h3-15H,16-17H2,1-2H3,(H,25,27). The van der Waals surface area contributed by atoms with Crippen molar-refractivity contribution in [1.82, 2.24) is 5.32 Å². The maximum Gasteiger partial charge on any atom is 0.311 e. The lowest BCUT2D eigenvalue weighted by Crippen LogP contribution is -2.45. The van der Waals surface area contributed by atoms with Crippen LogP contribution in [0.25, 0.3) is 0 Å². The average Bonchev–Trinajstić information content (AvgIpc) is 2.80. The van der Waals surface area contributed by atoms with E-state index in [2.05, 4.69) is 5.32 Å². The van der Waals surface area contributed by atoms with Gasteiger partial charge in [0.1, 0.15) is 0 Å². The van der Waals surface area contributed by atoms with Gasteiger partial charge in [0.25, 0.3) is 0 Å². The van der Waals surface area contributed by atoms with Crippen molar-refractivity contribution in [2.45, 2.75) is 18.2 Å². The molecular weight excluding hydrogens is 412 g/mol. The number of hydrogen-bond acceptors (Lipinski definition) is 5. The Bertz CT molecular complexity index is 1000. The third kappa shape index (κ3) is 5.44. The molecule has 1 amide bonds. The summed E-state index contributed by atoms with van der Waals surface area (Å²) < 4.78 is 5.03. The van der Waals surface area contributed by atoms with Gasteiger partial charge in [0.15, 0.2) is 5.75 Å². The van der Waals surface area contributed by atoms with Gasteiger partial charge in [-0.1, -0.05) is 66.7 Å². The van der Waals surface area contributed by atoms with Crippen LogP contribution in [-0.4, -0.2) is 23.7 Å². The molecule has 3 aromatic rings. The molecule has 0 aromatic heterocycles. The lowest BCUT2D eigenvalue weighted by atomic mass is 9.84. The first-order valence-electron chi connectivity index (χ1n) is 9.75. The molecule has 0 unspecified atom stereocenters. The Hall–Kier alpha value is -3.32. The van der Waals surface area contributed by atoms with Gasteiger partial charge in [0.05, 0.1) is 23.3 Å². The van der Waals surface area contributed by atoms with Gasteiger partial charge < -0.3 is 10.1 Å². The van der Waals surface area contributed by atoms with Gasteiger partial charge in [-0.05, 0) is 29.7 Å². The number of nitrogens with zero attached hydrogens (tertiary/aromatic N) is 1. The van der Waals surface area contributed by atoms with E-state index in [9.17, 15) is 14.9 Å². The molecular formula is C24H24N2O4S. The molecule has 0 heterocycles. The van der Waals surface area contributed by atoms with E-state index in [4.69, 9.17) is 4.74 Å². The number of nitrogens with one attached hydrogen (secondary N) is 1. The fourth-order valence-electron chi connectivity index (χ4n) is 3.40. The van der Waals surface area contributed by atoms with Crippen LogP contribution in [0, 0.1) is 10.1 Å². The number of carbonyl (C=O) groups is 1. The maximum atomic E-state index is 12.8. The highest BCUT2D eigenvalue weighted by molar-refractivity contribution is 7.99. The fourth-order valence-corrected chi connectivity index (χ4v) is 4.17. The van der Waals surface area contributed by atoms with E-state index in [1.807, 2.05) is 67.6 Å². The lowest BCUT2D eigenvalue weighted by Gasteiger charge is -2.32. The number of rotatable bonds is 9. The summed E-state index contributed by atoms with van der Waals surface area (Å²) in [7, 11) is 1.40. The van der Waals surface area contributed by atoms with Crippen molar-refractivity contribution in [1.29, 1.82) is 0 Å². The Morgan fingerprint density at radius 1 is 1.03 bits per heavy atom. The van der Waals surface area contributed by atoms with Gasteiger partial charge in [-0.2, -0.15) is 0 Å². The number of ether oxygens (including phenoxy) is 1. The number of nitro groups is 1. The summed E-state index contributed by atoms with van der Waals surface area (Å²) in [5.41, 5.74) is 2.00. The minimum atomic E-state index is -0.668. The first-order chi connectivity index (χ1) is 14.9. The zero-order valence-corrected chi connectivity index (χ0v) is 18.2. The first kappa shape index (κ1) is 22.4. The third-order valence-electron chi connectivity index (χ3n) is 5.03. The van der Waals surface area contributed by atoms with Gasteiger partial charge in [-0.3, -0.25) is 14.9 Å². The van der Waals surface area contributed by atoms with Crippen molar-refractivity contribution in [3.05, 3.63) is 106 Å². The van der Waals surface area contributed by atoms with Crippen LogP contribution in [0.4, 0.5) is 5.69 Å². The number of hydrogen-bond donors (Lipinski definition) is 1. The zero-order chi connectivity index (χ0) is 22.3. The molecule has 0 saturated carbocycles. The minimum Gasteiger partial charge on any atom is -0.490 e. The van der Waals surface area contributed by atoms with E-state index in [1.165, 1.54) is 24.9 Å². The Kier molecular flexibility index (Phi) is 7.31. The molecule has 7 heteroatoms. The summed E-state index contributed by atoms with van der Waals surface area (Å²) >= 11 is 1.40. The average molecular weight is 437 g/mol. The smallest absolute Gasteiger partial charge is 0.311 e. The predicted molar refractivity (Wildman–Crippen MR) is 123 cm³/mol. The van der Waals surface area contributed by atoms with Crippen molar-refractivity contribution in [2.24, 2.45) is 0 Å². The number of nitro benzene ring substituents is 1. The highest BCUT2D eigenvalue weighted by Crippen LogP contribution is 2.30. The van der Waals surface area contributed by atoms with Gasteiger partial charge in [-0.15, -0.1) is 11.8 Å². The maximum absolute atomic E-state index is 12.8. The molecule has 0 spiro atoms. The molecule has 0 saturated heterocycles. The van der Waals surface area contributed by atoms with Crippen LogP contribution in [-0.2, 0) is 16.1 Å². The molecule has 1 N–H and O–H groups in total. The second kappa shape index (κ2) is 10.1. The largest absolute Gasteiger partial charge is 0.490 e. The topological polar surface area (TPSA) is 81.5 Å². The van der Waals surface area contributed by atoms with Crippen LogP contribution in [0.3, 0.4) is 0 Å². The summed E-state index contributed by atoms with van der Waals surface area (Å²) in [5.74, 6) is 0.821. The molecule has 0 aliphatic rings. The molecule has 0 fully saturated rings. The van der Waals surface area contributed by atoms with Crippen LogP contribution in [0.1, 0.15) is 23.6 Å². The summed E-state index contributed by atoms with van der Waals surface area (Å²) in [6.45, 7) is 1.99. The number of thioether (sulfide) groups is 1. The molecule has 160 valence electrons. The SMILES string of the molecule is COc1ccc(CSCC(=O)NC(C)(c2ccccc2)c2ccccc2)cc1[N+](=O)[O-]. The zero-order valence-electron chi connectivity index (χ0n) is 17.4. The van der Waals surface area contributed by atoms with Gasteiger partial charge in [0.2, 0.25) is 5.91 Å². The number of carbonyl (C=O) groups excluding carboxylic acids is 1. The second-order valence-electron chi connectivity index (χ2n) is 7.16. The van der Waals surface area contributed by atoms with Crippen LogP contribution in [0.15, 0.2) is 78.9 Å². The highest BCUT2D eigenvalue weighted by Gasteiger charge is 2.30. The highest BCUT2D eigenvalue weighted by atomic mass is 32.2. The predicted octanol–water partition coefficient (Wildman–Crippen LogP) is 4.92. The van der Waals surface area contributed by atoms with Crippen LogP contribution < -0.4 is 10.1 Å². The normalized spacial score (nSPS) is 11.0. The van der Waals surface area contributed by atoms with Gasteiger partial charge >= 0.3 is 5.69 Å². The van der Waals surface area contributed by atoms with Crippen molar-refractivity contribution in [3.8, 4) is 5.75 Å². The quantitative estimate of drug-likeness (QED) is 0.380. The summed E-state index contributed by atoms with van der Waals surface area (Å²) in [5, 5.41) is 14.4. The van der Waals surface area contributed by atoms with Gasteiger partial charge in [-0.25, -0.2) is 0 Å². The molecule has 3 aromatic carbocycles. The Balaban J connectivity index is 1.69. The first-order valence-corrected chi connectivity index (χ1v) is 10.9. The van der Waals surface area contributed by atoms with Crippen LogP contribution in [0.2, 0.25) is 0 Å². The third-order valence-corrected chi connectivity index (χ3v) is 6.04. The number of methoxy groups -OCH3 is 1. The Morgan fingerprint density at radius 3 is 2.13 bits per heavy atom. The molecule has 31 heavy (non-hydrogen) atoms. The van der Waals surface area contributed by atoms with Crippen LogP contribution in [0.5, 0.6) is 5.75 Å². The molecule has 0 bridgehead atoms. The summed E-state index contributed by atoms with van der Waals surface area (Å²) in [4.78, 5) is 23.5. The Morgan fingerprint density at radius 2 is 1.61 bits per heavy atom.